The van der Waals surface area contributed by atoms with E-state index in [1.165, 1.54) is 246 Å². The highest BCUT2D eigenvalue weighted by Crippen LogP contribution is 2.56. The molecule has 3 heterocycles. The number of hydrogen-bond acceptors (Lipinski definition) is 3. The Morgan fingerprint density at radius 3 is 0.695 bits per heavy atom. The Morgan fingerprint density at radius 2 is 0.333 bits per heavy atom. The molecule has 0 unspecified atom stereocenters. The van der Waals surface area contributed by atoms with Crippen molar-refractivity contribution in [3.05, 3.63) is 510 Å². The molecule has 0 radical (unpaired) electrons. The third-order valence-corrected chi connectivity index (χ3v) is 29.5. The van der Waals surface area contributed by atoms with Gasteiger partial charge in [-0.1, -0.05) is 449 Å². The molecule has 141 heavy (non-hydrogen) atoms. The molecule has 0 saturated carbocycles. The summed E-state index contributed by atoms with van der Waals surface area (Å²) in [5.74, 6) is 0. The molecule has 0 aliphatic carbocycles. The van der Waals surface area contributed by atoms with Gasteiger partial charge >= 0.3 is 0 Å². The lowest BCUT2D eigenvalue weighted by Gasteiger charge is -2.21. The highest BCUT2D eigenvalue weighted by Gasteiger charge is 2.29. The molecule has 3 nitrogen and oxygen atoms in total. The average Bonchev–Trinajstić information content (AvgIpc) is 1.69. The van der Waals surface area contributed by atoms with Gasteiger partial charge in [0.15, 0.2) is 0 Å². The third kappa shape index (κ3) is 13.3. The zero-order valence-corrected chi connectivity index (χ0v) is 76.7. The summed E-state index contributed by atoms with van der Waals surface area (Å²) in [7, 11) is 0. The Morgan fingerprint density at radius 1 is 0.0993 bits per heavy atom. The monoisotopic (exact) mass is 1790 g/mol. The minimum Gasteiger partial charge on any atom is -0.456 e. The number of fused-ring (bicyclic) bond motifs is 21. The van der Waals surface area contributed by atoms with Crippen LogP contribution in [-0.2, 0) is 0 Å². The predicted molar refractivity (Wildman–Crippen MR) is 600 cm³/mol. The van der Waals surface area contributed by atoms with Crippen molar-refractivity contribution in [3.8, 4) is 100 Å². The summed E-state index contributed by atoms with van der Waals surface area (Å²) in [6.07, 6.45) is 0. The number of rotatable bonds is 9. The van der Waals surface area contributed by atoms with E-state index >= 15 is 0 Å². The van der Waals surface area contributed by atoms with Crippen molar-refractivity contribution in [2.75, 3.05) is 0 Å². The second-order valence-electron chi connectivity index (χ2n) is 37.2. The molecule has 27 aromatic carbocycles. The average molecular weight is 1790 g/mol. The molecule has 0 N–H and O–H groups in total. The fourth-order valence-corrected chi connectivity index (χ4v) is 23.3. The zero-order chi connectivity index (χ0) is 92.7. The van der Waals surface area contributed by atoms with Gasteiger partial charge < -0.3 is 13.3 Å². The van der Waals surface area contributed by atoms with E-state index in [0.717, 1.165) is 49.7 Å². The van der Waals surface area contributed by atoms with Crippen LogP contribution in [0, 0.1) is 0 Å². The lowest BCUT2D eigenvalue weighted by atomic mass is 9.82. The molecule has 30 rings (SSSR count). The van der Waals surface area contributed by atoms with Crippen LogP contribution in [0.25, 0.3) is 295 Å². The minimum atomic E-state index is 0.911. The largest absolute Gasteiger partial charge is 0.456 e. The second-order valence-corrected chi connectivity index (χ2v) is 37.2. The normalized spacial score (nSPS) is 11.8. The van der Waals surface area contributed by atoms with E-state index in [-0.39, 0.29) is 0 Å². The predicted octanol–water partition coefficient (Wildman–Crippen LogP) is 39.6. The van der Waals surface area contributed by atoms with Gasteiger partial charge in [-0.25, -0.2) is 0 Å². The SMILES string of the molecule is c1cc(-c2ccc3ccccc3c2)cc(-c2c3ccccc3c(-c3c4ccccc4cc4oc5ccccc5c34)c3ccccc23)c1.c1ccc(-c2c3ccccc3c(-c3c4ccccc4cc4oc5ccccc5c34)c3ccccc23)c(-c2ccc3ccccc3c2)c1.c1ccc2cc(-c3ccc(-c4c5ccccc5c(-c5c6ccccc6cc6oc7ccccc7c56)c5ccccc45)cc3)ccc2c1. The van der Waals surface area contributed by atoms with Gasteiger partial charge in [-0.15, -0.1) is 0 Å². The van der Waals surface area contributed by atoms with Crippen molar-refractivity contribution in [2.24, 2.45) is 0 Å². The molecule has 30 aromatic rings. The Labute approximate surface area is 812 Å². The molecular weight excluding hydrogens is 1710 g/mol. The quantitative estimate of drug-likeness (QED) is 0.135. The van der Waals surface area contributed by atoms with Gasteiger partial charge in [0.1, 0.15) is 33.5 Å². The summed E-state index contributed by atoms with van der Waals surface area (Å²) in [6.45, 7) is 0. The molecule has 3 aromatic heterocycles. The smallest absolute Gasteiger partial charge is 0.136 e. The van der Waals surface area contributed by atoms with Crippen LogP contribution in [0.3, 0.4) is 0 Å². The van der Waals surface area contributed by atoms with Crippen LogP contribution in [0.5, 0.6) is 0 Å². The van der Waals surface area contributed by atoms with E-state index in [1.807, 2.05) is 0 Å². The minimum absolute atomic E-state index is 0.911. The van der Waals surface area contributed by atoms with Gasteiger partial charge in [-0.05, 0) is 273 Å². The number of hydrogen-bond donors (Lipinski definition) is 0. The van der Waals surface area contributed by atoms with Crippen molar-refractivity contribution in [2.45, 2.75) is 0 Å². The molecule has 654 valence electrons. The molecule has 0 bridgehead atoms. The van der Waals surface area contributed by atoms with Gasteiger partial charge in [0, 0.05) is 49.0 Å². The van der Waals surface area contributed by atoms with Crippen molar-refractivity contribution in [1.29, 1.82) is 0 Å². The summed E-state index contributed by atoms with van der Waals surface area (Å²) >= 11 is 0. The standard InChI is InChI=1S/3C46H28O/c1-2-13-30-26-32(25-24-29(30)12-1)31-15-11-16-34(27-31)43-36-18-5-7-20-38(36)44(39-21-8-6-19-37(39)43)46-35-17-4-3-14-33(35)28-42-45(46)40-22-9-10-23-41(40)47-42;1-2-12-32-27-33(26-23-29(32)11-1)30-21-24-31(25-22-30)43-36-15-5-7-17-38(36)44(39-18-8-6-16-37(39)43)46-35-14-4-3-13-34(35)28-42-45(46)40-19-9-10-20-41(40)47-42;1-2-14-30-27-32(26-25-29(30)13-1)33-16-5-6-18-35(33)43-36-19-7-9-21-38(36)44(39-22-10-8-20-37(39)43)46-34-17-4-3-15-31(34)28-42-45(46)40-23-11-12-24-41(40)47-42/h3*1-28H. The summed E-state index contributed by atoms with van der Waals surface area (Å²) in [5, 5.41) is 36.5. The van der Waals surface area contributed by atoms with Gasteiger partial charge in [0.2, 0.25) is 0 Å². The fourth-order valence-electron chi connectivity index (χ4n) is 23.3. The molecule has 0 spiro atoms. The molecule has 0 aliphatic rings. The Kier molecular flexibility index (Phi) is 19.0. The van der Waals surface area contributed by atoms with Crippen LogP contribution in [0.4, 0.5) is 0 Å². The van der Waals surface area contributed by atoms with Crippen LogP contribution in [-0.4, -0.2) is 0 Å². The highest BCUT2D eigenvalue weighted by atomic mass is 16.3. The third-order valence-electron chi connectivity index (χ3n) is 29.5. The summed E-state index contributed by atoms with van der Waals surface area (Å²) in [4.78, 5) is 0. The maximum absolute atomic E-state index is 6.54. The van der Waals surface area contributed by atoms with E-state index in [0.29, 0.717) is 0 Å². The van der Waals surface area contributed by atoms with Crippen LogP contribution in [0.1, 0.15) is 0 Å². The highest BCUT2D eigenvalue weighted by molar-refractivity contribution is 6.35. The first-order valence-electron chi connectivity index (χ1n) is 48.6. The van der Waals surface area contributed by atoms with Crippen molar-refractivity contribution < 1.29 is 13.3 Å². The maximum Gasteiger partial charge on any atom is 0.136 e. The van der Waals surface area contributed by atoms with Crippen molar-refractivity contribution >= 4 is 195 Å². The van der Waals surface area contributed by atoms with E-state index in [2.05, 4.69) is 510 Å². The topological polar surface area (TPSA) is 39.4 Å². The molecule has 0 fully saturated rings. The summed E-state index contributed by atoms with van der Waals surface area (Å²) in [5.41, 5.74) is 27.7. The van der Waals surface area contributed by atoms with Gasteiger partial charge in [0.25, 0.3) is 0 Å². The van der Waals surface area contributed by atoms with E-state index in [4.69, 9.17) is 13.3 Å². The first kappa shape index (κ1) is 80.9. The number of furan rings is 3. The van der Waals surface area contributed by atoms with Gasteiger partial charge in [0.05, 0.1) is 0 Å². The second kappa shape index (κ2) is 33.2. The van der Waals surface area contributed by atoms with Crippen LogP contribution < -0.4 is 0 Å². The Bertz CT molecular complexity index is 10200. The fraction of sp³-hybridized carbons (Fsp3) is 0. The lowest BCUT2D eigenvalue weighted by molar-refractivity contribution is 0.669. The van der Waals surface area contributed by atoms with E-state index < -0.39 is 0 Å². The molecule has 0 amide bonds. The molecular formula is C138H84O3. The maximum atomic E-state index is 6.54. The summed E-state index contributed by atoms with van der Waals surface area (Å²) < 4.78 is 19.6. The number of para-hydroxylation sites is 3. The van der Waals surface area contributed by atoms with Crippen LogP contribution in [0.2, 0.25) is 0 Å². The van der Waals surface area contributed by atoms with Crippen LogP contribution >= 0.6 is 0 Å². The van der Waals surface area contributed by atoms with Gasteiger partial charge in [-0.3, -0.25) is 0 Å². The molecule has 0 saturated heterocycles. The Hall–Kier alpha value is -18.5. The summed E-state index contributed by atoms with van der Waals surface area (Å²) in [6, 6.07) is 185. The number of benzene rings is 27. The lowest BCUT2D eigenvalue weighted by Crippen LogP contribution is -1.94. The zero-order valence-electron chi connectivity index (χ0n) is 76.7. The van der Waals surface area contributed by atoms with Gasteiger partial charge in [-0.2, -0.15) is 0 Å². The molecule has 0 atom stereocenters. The van der Waals surface area contributed by atoms with Crippen LogP contribution in [0.15, 0.2) is 523 Å². The first-order chi connectivity index (χ1) is 70.0. The van der Waals surface area contributed by atoms with E-state index in [9.17, 15) is 0 Å². The molecule has 3 heteroatoms. The van der Waals surface area contributed by atoms with Crippen molar-refractivity contribution in [1.82, 2.24) is 0 Å². The van der Waals surface area contributed by atoms with E-state index in [1.54, 1.807) is 0 Å². The first-order valence-corrected chi connectivity index (χ1v) is 48.6. The van der Waals surface area contributed by atoms with Crippen molar-refractivity contribution in [3.63, 3.8) is 0 Å². The Balaban J connectivity index is 0.000000104. The molecule has 0 aliphatic heterocycles.